The molecule has 0 fully saturated rings. The van der Waals surface area contributed by atoms with E-state index in [1.54, 1.807) is 12.5 Å². The highest BCUT2D eigenvalue weighted by molar-refractivity contribution is 9.13. The molecule has 6 heteroatoms. The van der Waals surface area contributed by atoms with E-state index in [4.69, 9.17) is 0 Å². The third kappa shape index (κ3) is 1.92. The first-order valence-electron chi connectivity index (χ1n) is 3.68. The van der Waals surface area contributed by atoms with Gasteiger partial charge in [-0.2, -0.15) is 0 Å². The number of halogens is 3. The van der Waals surface area contributed by atoms with E-state index >= 15 is 0 Å². The van der Waals surface area contributed by atoms with Crippen LogP contribution in [-0.2, 0) is 0 Å². The summed E-state index contributed by atoms with van der Waals surface area (Å²) < 4.78 is 4.39. The summed E-state index contributed by atoms with van der Waals surface area (Å²) in [7, 11) is 0. The van der Waals surface area contributed by atoms with Crippen LogP contribution in [0.5, 0.6) is 0 Å². The summed E-state index contributed by atoms with van der Waals surface area (Å²) >= 11 is 10.1. The second kappa shape index (κ2) is 4.12. The Kier molecular flexibility index (Phi) is 3.04. The quantitative estimate of drug-likeness (QED) is 0.707. The van der Waals surface area contributed by atoms with Crippen LogP contribution in [-0.4, -0.2) is 14.5 Å². The van der Waals surface area contributed by atoms with E-state index in [9.17, 15) is 0 Å². The van der Waals surface area contributed by atoms with Crippen LogP contribution in [0.1, 0.15) is 0 Å². The average Bonchev–Trinajstić information content (AvgIpc) is 2.57. The van der Waals surface area contributed by atoms with Gasteiger partial charge in [0.25, 0.3) is 0 Å². The minimum absolute atomic E-state index is 0.778. The smallest absolute Gasteiger partial charge is 0.124 e. The van der Waals surface area contributed by atoms with Gasteiger partial charge in [-0.05, 0) is 53.9 Å². The van der Waals surface area contributed by atoms with Crippen LogP contribution < -0.4 is 0 Å². The number of imidazole rings is 1. The fourth-order valence-electron chi connectivity index (χ4n) is 1.04. The number of rotatable bonds is 1. The molecule has 0 aromatic carbocycles. The molecule has 0 radical (unpaired) electrons. The SMILES string of the molecule is Brc1cn(-c2ccnc(Br)c2Br)cn1. The fourth-order valence-corrected chi connectivity index (χ4v) is 2.11. The summed E-state index contributed by atoms with van der Waals surface area (Å²) in [5.74, 6) is 0. The number of pyridine rings is 1. The predicted octanol–water partition coefficient (Wildman–Crippen LogP) is 3.55. The Labute approximate surface area is 106 Å². The van der Waals surface area contributed by atoms with Gasteiger partial charge in [-0.15, -0.1) is 0 Å². The lowest BCUT2D eigenvalue weighted by atomic mass is 10.4. The van der Waals surface area contributed by atoms with Crippen molar-refractivity contribution in [3.05, 3.63) is 38.5 Å². The second-order valence-corrected chi connectivity index (χ2v) is 4.90. The Morgan fingerprint density at radius 2 is 1.93 bits per heavy atom. The highest BCUT2D eigenvalue weighted by atomic mass is 79.9. The van der Waals surface area contributed by atoms with Crippen LogP contribution in [0.4, 0.5) is 0 Å². The van der Waals surface area contributed by atoms with Crippen LogP contribution in [0.15, 0.2) is 38.5 Å². The first-order chi connectivity index (χ1) is 6.68. The molecular weight excluding hydrogens is 378 g/mol. The molecule has 0 saturated carbocycles. The third-order valence-corrected chi connectivity index (χ3v) is 3.98. The van der Waals surface area contributed by atoms with E-state index in [0.717, 1.165) is 19.4 Å². The molecule has 0 N–H and O–H groups in total. The summed E-state index contributed by atoms with van der Waals surface area (Å²) in [4.78, 5) is 8.18. The van der Waals surface area contributed by atoms with Crippen LogP contribution >= 0.6 is 47.8 Å². The van der Waals surface area contributed by atoms with Crippen LogP contribution in [0.3, 0.4) is 0 Å². The van der Waals surface area contributed by atoms with Gasteiger partial charge in [0.15, 0.2) is 0 Å². The highest BCUT2D eigenvalue weighted by Crippen LogP contribution is 2.27. The van der Waals surface area contributed by atoms with Gasteiger partial charge >= 0.3 is 0 Å². The van der Waals surface area contributed by atoms with Crippen molar-refractivity contribution in [2.75, 3.05) is 0 Å². The minimum Gasteiger partial charge on any atom is -0.304 e. The molecule has 3 nitrogen and oxygen atoms in total. The predicted molar refractivity (Wildman–Crippen MR) is 64.5 cm³/mol. The van der Waals surface area contributed by atoms with Crippen molar-refractivity contribution in [1.82, 2.24) is 14.5 Å². The number of hydrogen-bond donors (Lipinski definition) is 0. The lowest BCUT2D eigenvalue weighted by molar-refractivity contribution is 1.03. The lowest BCUT2D eigenvalue weighted by Gasteiger charge is -2.04. The fraction of sp³-hybridized carbons (Fsp3) is 0. The molecule has 0 bridgehead atoms. The average molecular weight is 382 g/mol. The molecule has 14 heavy (non-hydrogen) atoms. The van der Waals surface area contributed by atoms with Gasteiger partial charge in [0.2, 0.25) is 0 Å². The topological polar surface area (TPSA) is 30.7 Å². The Balaban J connectivity index is 2.57. The maximum Gasteiger partial charge on any atom is 0.124 e. The van der Waals surface area contributed by atoms with E-state index in [2.05, 4.69) is 57.8 Å². The summed E-state index contributed by atoms with van der Waals surface area (Å²) in [6.45, 7) is 0. The summed E-state index contributed by atoms with van der Waals surface area (Å²) in [5, 5.41) is 0. The lowest BCUT2D eigenvalue weighted by Crippen LogP contribution is -1.92. The normalized spacial score (nSPS) is 10.5. The second-order valence-electron chi connectivity index (χ2n) is 2.54. The monoisotopic (exact) mass is 379 g/mol. The Morgan fingerprint density at radius 1 is 1.14 bits per heavy atom. The molecule has 0 aliphatic carbocycles. The number of hydrogen-bond acceptors (Lipinski definition) is 2. The molecule has 0 unspecified atom stereocenters. The molecule has 0 spiro atoms. The molecule has 2 aromatic rings. The van der Waals surface area contributed by atoms with E-state index in [1.807, 2.05) is 16.8 Å². The Morgan fingerprint density at radius 3 is 2.57 bits per heavy atom. The maximum absolute atomic E-state index is 4.10. The van der Waals surface area contributed by atoms with Crippen molar-refractivity contribution < 1.29 is 0 Å². The van der Waals surface area contributed by atoms with Gasteiger partial charge in [0.05, 0.1) is 10.2 Å². The molecular formula is C8H4Br3N3. The van der Waals surface area contributed by atoms with Crippen LogP contribution in [0.2, 0.25) is 0 Å². The number of aromatic nitrogens is 3. The first kappa shape index (κ1) is 10.3. The Bertz CT molecular complexity index is 467. The Hall–Kier alpha value is -0.200. The highest BCUT2D eigenvalue weighted by Gasteiger charge is 2.06. The molecule has 2 aromatic heterocycles. The maximum atomic E-state index is 4.10. The van der Waals surface area contributed by atoms with E-state index in [1.165, 1.54) is 0 Å². The summed E-state index contributed by atoms with van der Waals surface area (Å²) in [6.07, 6.45) is 5.35. The van der Waals surface area contributed by atoms with Gasteiger partial charge in [0, 0.05) is 12.4 Å². The van der Waals surface area contributed by atoms with Crippen molar-refractivity contribution in [1.29, 1.82) is 0 Å². The van der Waals surface area contributed by atoms with Gasteiger partial charge in [-0.25, -0.2) is 9.97 Å². The zero-order chi connectivity index (χ0) is 10.1. The van der Waals surface area contributed by atoms with E-state index in [0.29, 0.717) is 0 Å². The summed E-state index contributed by atoms with van der Waals surface area (Å²) in [5.41, 5.74) is 0.991. The largest absolute Gasteiger partial charge is 0.304 e. The zero-order valence-electron chi connectivity index (χ0n) is 6.78. The van der Waals surface area contributed by atoms with Crippen molar-refractivity contribution in [2.24, 2.45) is 0 Å². The van der Waals surface area contributed by atoms with Crippen molar-refractivity contribution in [3.63, 3.8) is 0 Å². The molecule has 2 rings (SSSR count). The number of nitrogens with zero attached hydrogens (tertiary/aromatic N) is 3. The van der Waals surface area contributed by atoms with E-state index < -0.39 is 0 Å². The third-order valence-electron chi connectivity index (χ3n) is 1.66. The minimum atomic E-state index is 0.778. The van der Waals surface area contributed by atoms with Gasteiger partial charge in [-0.3, -0.25) is 0 Å². The van der Waals surface area contributed by atoms with Crippen molar-refractivity contribution >= 4 is 47.8 Å². The molecule has 2 heterocycles. The van der Waals surface area contributed by atoms with E-state index in [-0.39, 0.29) is 0 Å². The zero-order valence-corrected chi connectivity index (χ0v) is 11.5. The van der Waals surface area contributed by atoms with Crippen molar-refractivity contribution in [3.8, 4) is 5.69 Å². The van der Waals surface area contributed by atoms with Crippen LogP contribution in [0, 0.1) is 0 Å². The molecule has 0 aliphatic heterocycles. The molecule has 0 amide bonds. The van der Waals surface area contributed by atoms with Crippen LogP contribution in [0.25, 0.3) is 5.69 Å². The summed E-state index contributed by atoms with van der Waals surface area (Å²) in [6, 6.07) is 1.91. The first-order valence-corrected chi connectivity index (χ1v) is 6.06. The van der Waals surface area contributed by atoms with Gasteiger partial charge in [-0.1, -0.05) is 0 Å². The molecule has 72 valence electrons. The molecule has 0 aliphatic rings. The van der Waals surface area contributed by atoms with Gasteiger partial charge in [0.1, 0.15) is 15.5 Å². The van der Waals surface area contributed by atoms with Gasteiger partial charge < -0.3 is 4.57 Å². The van der Waals surface area contributed by atoms with Crippen molar-refractivity contribution in [2.45, 2.75) is 0 Å². The molecule has 0 atom stereocenters. The standard InChI is InChI=1S/C8H4Br3N3/c9-6-3-14(4-13-6)5-1-2-12-8(11)7(5)10/h1-4H. The molecule has 0 saturated heterocycles.